The first-order valence-corrected chi connectivity index (χ1v) is 12.7. The van der Waals surface area contributed by atoms with Crippen molar-refractivity contribution in [3.63, 3.8) is 0 Å². The number of rotatable bonds is 5. The molecule has 3 fully saturated rings. The van der Waals surface area contributed by atoms with Crippen molar-refractivity contribution in [1.82, 2.24) is 0 Å². The van der Waals surface area contributed by atoms with Gasteiger partial charge in [-0.1, -0.05) is 46.3 Å². The van der Waals surface area contributed by atoms with Gasteiger partial charge in [-0.25, -0.2) is 0 Å². The molecule has 1 unspecified atom stereocenters. The minimum absolute atomic E-state index is 0.0929. The summed E-state index contributed by atoms with van der Waals surface area (Å²) in [6, 6.07) is 0. The molecular formula is C27H46O2. The van der Waals surface area contributed by atoms with Gasteiger partial charge in [-0.2, -0.15) is 0 Å². The van der Waals surface area contributed by atoms with E-state index < -0.39 is 0 Å². The zero-order valence-electron chi connectivity index (χ0n) is 19.9. The summed E-state index contributed by atoms with van der Waals surface area (Å²) in [7, 11) is 0. The van der Waals surface area contributed by atoms with E-state index in [0.717, 1.165) is 43.1 Å². The molecule has 4 rings (SSSR count). The van der Waals surface area contributed by atoms with Gasteiger partial charge in [0.25, 0.3) is 0 Å². The zero-order valence-corrected chi connectivity index (χ0v) is 19.9. The minimum Gasteiger partial charge on any atom is -0.393 e. The second-order valence-corrected chi connectivity index (χ2v) is 12.1. The Bertz CT molecular complexity index is 624. The molecule has 0 aromatic heterocycles. The van der Waals surface area contributed by atoms with Crippen LogP contribution >= 0.6 is 0 Å². The molecule has 0 spiro atoms. The van der Waals surface area contributed by atoms with Crippen molar-refractivity contribution < 1.29 is 9.84 Å². The number of hydrogen-bond acceptors (Lipinski definition) is 2. The number of allylic oxidation sites excluding steroid dienone is 1. The Morgan fingerprint density at radius 2 is 1.79 bits per heavy atom. The maximum atomic E-state index is 10.2. The average Bonchev–Trinajstić information content (AvgIpc) is 3.03. The van der Waals surface area contributed by atoms with E-state index in [1.165, 1.54) is 38.5 Å². The van der Waals surface area contributed by atoms with Crippen LogP contribution in [0.4, 0.5) is 0 Å². The average molecular weight is 403 g/mol. The third kappa shape index (κ3) is 3.65. The van der Waals surface area contributed by atoms with Crippen LogP contribution < -0.4 is 0 Å². The molecule has 0 aliphatic heterocycles. The number of aliphatic hydroxyl groups is 1. The molecule has 0 saturated heterocycles. The molecule has 29 heavy (non-hydrogen) atoms. The molecule has 0 bridgehead atoms. The van der Waals surface area contributed by atoms with Gasteiger partial charge >= 0.3 is 0 Å². The van der Waals surface area contributed by atoms with Crippen LogP contribution in [-0.2, 0) is 4.74 Å². The quantitative estimate of drug-likeness (QED) is 0.523. The van der Waals surface area contributed by atoms with Gasteiger partial charge in [0.05, 0.1) is 12.2 Å². The van der Waals surface area contributed by atoms with Crippen molar-refractivity contribution in [2.24, 2.45) is 46.3 Å². The van der Waals surface area contributed by atoms with Crippen molar-refractivity contribution in [3.8, 4) is 0 Å². The third-order valence-electron chi connectivity index (χ3n) is 10.4. The second-order valence-electron chi connectivity index (χ2n) is 12.1. The number of hydrogen-bond donors (Lipinski definition) is 1. The van der Waals surface area contributed by atoms with Gasteiger partial charge < -0.3 is 9.84 Å². The molecule has 2 heteroatoms. The summed E-state index contributed by atoms with van der Waals surface area (Å²) in [4.78, 5) is 0. The smallest absolute Gasteiger partial charge is 0.0577 e. The van der Waals surface area contributed by atoms with Crippen LogP contribution in [0.25, 0.3) is 0 Å². The maximum Gasteiger partial charge on any atom is 0.0577 e. The first kappa shape index (κ1) is 21.9. The normalized spacial score (nSPS) is 46.5. The maximum absolute atomic E-state index is 10.2. The second kappa shape index (κ2) is 7.97. The predicted molar refractivity (Wildman–Crippen MR) is 121 cm³/mol. The van der Waals surface area contributed by atoms with Crippen molar-refractivity contribution in [2.75, 3.05) is 6.61 Å². The van der Waals surface area contributed by atoms with Crippen molar-refractivity contribution in [2.45, 2.75) is 105 Å². The Kier molecular flexibility index (Phi) is 6.01. The molecule has 2 nitrogen and oxygen atoms in total. The summed E-state index contributed by atoms with van der Waals surface area (Å²) in [5, 5.41) is 10.2. The lowest BCUT2D eigenvalue weighted by atomic mass is 9.47. The molecule has 4 aliphatic rings. The highest BCUT2D eigenvalue weighted by Crippen LogP contribution is 2.67. The Labute approximate surface area is 179 Å². The monoisotopic (exact) mass is 402 g/mol. The largest absolute Gasteiger partial charge is 0.393 e. The van der Waals surface area contributed by atoms with E-state index in [-0.39, 0.29) is 6.10 Å². The fraction of sp³-hybridized carbons (Fsp3) is 0.926. The van der Waals surface area contributed by atoms with Gasteiger partial charge in [0.2, 0.25) is 0 Å². The highest BCUT2D eigenvalue weighted by Gasteiger charge is 2.59. The molecule has 3 saturated carbocycles. The van der Waals surface area contributed by atoms with E-state index in [0.29, 0.717) is 28.8 Å². The molecule has 0 heterocycles. The van der Waals surface area contributed by atoms with Crippen LogP contribution in [0.3, 0.4) is 0 Å². The van der Waals surface area contributed by atoms with Crippen LogP contribution in [-0.4, -0.2) is 23.9 Å². The van der Waals surface area contributed by atoms with Gasteiger partial charge in [-0.15, -0.1) is 0 Å². The van der Waals surface area contributed by atoms with Crippen molar-refractivity contribution in [3.05, 3.63) is 11.6 Å². The summed E-state index contributed by atoms with van der Waals surface area (Å²) in [6.07, 6.45) is 12.9. The highest BCUT2D eigenvalue weighted by molar-refractivity contribution is 5.25. The van der Waals surface area contributed by atoms with Crippen LogP contribution in [0.2, 0.25) is 0 Å². The Morgan fingerprint density at radius 1 is 1.03 bits per heavy atom. The summed E-state index contributed by atoms with van der Waals surface area (Å²) in [6.45, 7) is 15.3. The lowest BCUT2D eigenvalue weighted by Gasteiger charge is -2.58. The fourth-order valence-corrected chi connectivity index (χ4v) is 8.23. The van der Waals surface area contributed by atoms with E-state index in [1.54, 1.807) is 5.57 Å². The molecule has 1 N–H and O–H groups in total. The van der Waals surface area contributed by atoms with Gasteiger partial charge in [-0.3, -0.25) is 0 Å². The number of ether oxygens (including phenoxy) is 1. The SMILES string of the molecule is CC(C)C(C)OC[C@@H](C)[C@H]1CC[C@H]2[C@@H]3CC=C4C[C@@H](O)CC[C@]4(C)[C@H]3CC[C@]12C. The minimum atomic E-state index is -0.0929. The van der Waals surface area contributed by atoms with Crippen LogP contribution in [0, 0.1) is 46.3 Å². The Hall–Kier alpha value is -0.340. The molecular weight excluding hydrogens is 356 g/mol. The van der Waals surface area contributed by atoms with E-state index in [9.17, 15) is 5.11 Å². The lowest BCUT2D eigenvalue weighted by molar-refractivity contribution is -0.0687. The zero-order chi connectivity index (χ0) is 21.0. The van der Waals surface area contributed by atoms with E-state index in [1.807, 2.05) is 0 Å². The lowest BCUT2D eigenvalue weighted by Crippen LogP contribution is -2.51. The first-order chi connectivity index (χ1) is 13.7. The molecule has 0 aromatic carbocycles. The van der Waals surface area contributed by atoms with E-state index in [4.69, 9.17) is 4.74 Å². The Morgan fingerprint density at radius 3 is 2.52 bits per heavy atom. The summed E-state index contributed by atoms with van der Waals surface area (Å²) in [5.41, 5.74) is 2.46. The predicted octanol–water partition coefficient (Wildman–Crippen LogP) is 6.62. The standard InChI is InChI=1S/C27H46O2/c1-17(2)19(4)29-16-18(3)23-9-10-24-22-8-7-20-15-21(28)11-13-26(20,5)25(22)12-14-27(23,24)6/h7,17-19,21-25,28H,8-16H2,1-6H3/t18-,19?,21+,22+,23-,24+,25+,26+,27-/m1/s1. The fourth-order valence-electron chi connectivity index (χ4n) is 8.23. The van der Waals surface area contributed by atoms with Crippen molar-refractivity contribution >= 4 is 0 Å². The Balaban J connectivity index is 1.49. The highest BCUT2D eigenvalue weighted by atomic mass is 16.5. The summed E-state index contributed by atoms with van der Waals surface area (Å²) >= 11 is 0. The van der Waals surface area contributed by atoms with E-state index in [2.05, 4.69) is 47.6 Å². The van der Waals surface area contributed by atoms with Crippen molar-refractivity contribution in [1.29, 1.82) is 0 Å². The molecule has 0 aromatic rings. The molecule has 9 atom stereocenters. The summed E-state index contributed by atoms with van der Waals surface area (Å²) < 4.78 is 6.27. The van der Waals surface area contributed by atoms with Crippen LogP contribution in [0.1, 0.15) is 92.9 Å². The van der Waals surface area contributed by atoms with Crippen LogP contribution in [0.15, 0.2) is 11.6 Å². The van der Waals surface area contributed by atoms with Gasteiger partial charge in [0.1, 0.15) is 0 Å². The first-order valence-electron chi connectivity index (χ1n) is 12.7. The van der Waals surface area contributed by atoms with E-state index >= 15 is 0 Å². The number of aliphatic hydroxyl groups excluding tert-OH is 1. The van der Waals surface area contributed by atoms with Gasteiger partial charge in [0.15, 0.2) is 0 Å². The third-order valence-corrected chi connectivity index (χ3v) is 10.4. The summed E-state index contributed by atoms with van der Waals surface area (Å²) in [5.74, 6) is 4.68. The topological polar surface area (TPSA) is 29.5 Å². The van der Waals surface area contributed by atoms with Gasteiger partial charge in [-0.05, 0) is 105 Å². The van der Waals surface area contributed by atoms with Gasteiger partial charge in [0, 0.05) is 6.61 Å². The molecule has 4 aliphatic carbocycles. The molecule has 166 valence electrons. The van der Waals surface area contributed by atoms with Crippen LogP contribution in [0.5, 0.6) is 0 Å². The molecule has 0 radical (unpaired) electrons. The number of fused-ring (bicyclic) bond motifs is 5. The molecule has 0 amide bonds.